The van der Waals surface area contributed by atoms with Crippen molar-refractivity contribution in [2.75, 3.05) is 26.1 Å². The minimum atomic E-state index is 0.847. The van der Waals surface area contributed by atoms with Gasteiger partial charge in [0.1, 0.15) is 0 Å². The van der Waals surface area contributed by atoms with Gasteiger partial charge in [0.25, 0.3) is 0 Å². The Kier molecular flexibility index (Phi) is 3.05. The second kappa shape index (κ2) is 3.87. The van der Waals surface area contributed by atoms with E-state index in [2.05, 4.69) is 9.88 Å². The molecule has 1 aromatic rings. The summed E-state index contributed by atoms with van der Waals surface area (Å²) in [5.74, 6) is 0. The van der Waals surface area contributed by atoms with Crippen LogP contribution in [0.1, 0.15) is 5.69 Å². The summed E-state index contributed by atoms with van der Waals surface area (Å²) in [6.45, 7) is 0.910. The molecule has 4 heteroatoms. The molecule has 1 aromatic heterocycles. The lowest BCUT2D eigenvalue weighted by Crippen LogP contribution is -2.11. The van der Waals surface area contributed by atoms with Gasteiger partial charge in [-0.3, -0.25) is 0 Å². The maximum atomic E-state index is 5.76. The van der Waals surface area contributed by atoms with Crippen LogP contribution in [0.4, 0.5) is 5.69 Å². The number of rotatable bonds is 3. The number of hydrogen-bond acceptors (Lipinski definition) is 3. The Morgan fingerprint density at radius 3 is 2.75 bits per heavy atom. The van der Waals surface area contributed by atoms with Gasteiger partial charge in [-0.2, -0.15) is 0 Å². The van der Waals surface area contributed by atoms with Gasteiger partial charge in [0.05, 0.1) is 10.6 Å². The fraction of sp³-hybridized carbons (Fsp3) is 0.500. The molecule has 3 nitrogen and oxygen atoms in total. The molecule has 1 heterocycles. The van der Waals surface area contributed by atoms with Crippen molar-refractivity contribution >= 4 is 17.4 Å². The minimum Gasteiger partial charge on any atom is -0.397 e. The average molecular weight is 185 g/mol. The van der Waals surface area contributed by atoms with Gasteiger partial charge in [-0.25, -0.2) is 0 Å². The quantitative estimate of drug-likeness (QED) is 0.699. The number of aromatic nitrogens is 1. The largest absolute Gasteiger partial charge is 0.397 e. The predicted molar refractivity (Wildman–Crippen MR) is 54.4 cm³/mol. The van der Waals surface area contributed by atoms with Gasteiger partial charge in [-0.1, -0.05) is 0 Å². The van der Waals surface area contributed by atoms with Crippen molar-refractivity contribution in [3.63, 3.8) is 0 Å². The Hall–Kier alpha value is -0.610. The lowest BCUT2D eigenvalue weighted by molar-refractivity contribution is 0.394. The summed E-state index contributed by atoms with van der Waals surface area (Å²) in [6.07, 6.45) is 3.89. The van der Waals surface area contributed by atoms with E-state index in [1.54, 1.807) is 11.8 Å². The van der Waals surface area contributed by atoms with Crippen molar-refractivity contribution in [3.05, 3.63) is 11.9 Å². The summed E-state index contributed by atoms with van der Waals surface area (Å²) in [5, 5.41) is 0. The Bertz CT molecular complexity index is 255. The molecule has 0 bridgehead atoms. The van der Waals surface area contributed by atoms with Crippen LogP contribution >= 0.6 is 11.8 Å². The van der Waals surface area contributed by atoms with E-state index in [-0.39, 0.29) is 0 Å². The fourth-order valence-corrected chi connectivity index (χ4v) is 1.81. The van der Waals surface area contributed by atoms with Gasteiger partial charge in [-0.15, -0.1) is 11.8 Å². The molecule has 0 atom stereocenters. The molecule has 0 radical (unpaired) electrons. The monoisotopic (exact) mass is 185 g/mol. The van der Waals surface area contributed by atoms with E-state index in [4.69, 9.17) is 5.73 Å². The van der Waals surface area contributed by atoms with Gasteiger partial charge < -0.3 is 15.6 Å². The van der Waals surface area contributed by atoms with Crippen LogP contribution in [0.15, 0.2) is 11.1 Å². The molecule has 0 saturated heterocycles. The maximum absolute atomic E-state index is 5.76. The second-order valence-corrected chi connectivity index (χ2v) is 3.81. The summed E-state index contributed by atoms with van der Waals surface area (Å²) < 4.78 is 0. The van der Waals surface area contributed by atoms with Gasteiger partial charge in [-0.05, 0) is 20.4 Å². The summed E-state index contributed by atoms with van der Waals surface area (Å²) in [4.78, 5) is 6.45. The van der Waals surface area contributed by atoms with Crippen LogP contribution in [0.5, 0.6) is 0 Å². The number of nitrogens with one attached hydrogen (secondary N) is 1. The van der Waals surface area contributed by atoms with Crippen molar-refractivity contribution in [1.29, 1.82) is 0 Å². The summed E-state index contributed by atoms with van der Waals surface area (Å²) >= 11 is 1.69. The van der Waals surface area contributed by atoms with Crippen LogP contribution in [0.2, 0.25) is 0 Å². The highest BCUT2D eigenvalue weighted by Crippen LogP contribution is 2.26. The number of thioether (sulfide) groups is 1. The highest BCUT2D eigenvalue weighted by molar-refractivity contribution is 7.98. The molecule has 0 unspecified atom stereocenters. The normalized spacial score (nSPS) is 11.0. The number of aromatic amines is 1. The molecule has 68 valence electrons. The first kappa shape index (κ1) is 9.48. The molecule has 12 heavy (non-hydrogen) atoms. The molecule has 0 aliphatic heterocycles. The molecule has 0 fully saturated rings. The third kappa shape index (κ3) is 1.95. The maximum Gasteiger partial charge on any atom is 0.0633 e. The number of nitrogen functional groups attached to an aromatic ring is 1. The molecule has 1 rings (SSSR count). The number of H-pyrrole nitrogens is 1. The molecule has 0 aliphatic rings. The summed E-state index contributed by atoms with van der Waals surface area (Å²) in [5.41, 5.74) is 7.80. The average Bonchev–Trinajstić information content (AvgIpc) is 2.30. The zero-order chi connectivity index (χ0) is 9.14. The number of anilines is 1. The van der Waals surface area contributed by atoms with Gasteiger partial charge in [0.2, 0.25) is 0 Å². The second-order valence-electron chi connectivity index (χ2n) is 2.99. The molecule has 0 aromatic carbocycles. The van der Waals surface area contributed by atoms with Crippen molar-refractivity contribution in [1.82, 2.24) is 9.88 Å². The summed E-state index contributed by atoms with van der Waals surface area (Å²) in [7, 11) is 4.09. The predicted octanol–water partition coefficient (Wildman–Crippen LogP) is 1.38. The van der Waals surface area contributed by atoms with E-state index in [0.29, 0.717) is 0 Å². The smallest absolute Gasteiger partial charge is 0.0633 e. The van der Waals surface area contributed by atoms with Crippen LogP contribution in [0.25, 0.3) is 0 Å². The molecule has 0 spiro atoms. The standard InChI is InChI=1S/C8H15N3S/c1-11(2)5-7-8(12-3)6(9)4-10-7/h4,10H,5,9H2,1-3H3. The first-order valence-corrected chi connectivity index (χ1v) is 5.02. The SMILES string of the molecule is CSc1c(N)c[nH]c1CN(C)C. The Morgan fingerprint density at radius 2 is 2.25 bits per heavy atom. The van der Waals surface area contributed by atoms with E-state index in [9.17, 15) is 0 Å². The Balaban J connectivity index is 2.84. The van der Waals surface area contributed by atoms with Gasteiger partial charge in [0.15, 0.2) is 0 Å². The van der Waals surface area contributed by atoms with Gasteiger partial charge in [0, 0.05) is 18.4 Å². The highest BCUT2D eigenvalue weighted by Gasteiger charge is 2.07. The van der Waals surface area contributed by atoms with Crippen molar-refractivity contribution in [2.45, 2.75) is 11.4 Å². The third-order valence-electron chi connectivity index (χ3n) is 1.62. The number of nitrogens with two attached hydrogens (primary N) is 1. The molecule has 3 N–H and O–H groups in total. The van der Waals surface area contributed by atoms with E-state index in [1.807, 2.05) is 26.5 Å². The van der Waals surface area contributed by atoms with Crippen LogP contribution in [0, 0.1) is 0 Å². The lowest BCUT2D eigenvalue weighted by Gasteiger charge is -2.09. The molecule has 0 aliphatic carbocycles. The van der Waals surface area contributed by atoms with Gasteiger partial charge >= 0.3 is 0 Å². The lowest BCUT2D eigenvalue weighted by atomic mass is 10.4. The van der Waals surface area contributed by atoms with Crippen molar-refractivity contribution < 1.29 is 0 Å². The van der Waals surface area contributed by atoms with Crippen molar-refractivity contribution in [2.24, 2.45) is 0 Å². The van der Waals surface area contributed by atoms with E-state index >= 15 is 0 Å². The van der Waals surface area contributed by atoms with E-state index in [1.165, 1.54) is 10.6 Å². The molecular formula is C8H15N3S. The zero-order valence-corrected chi connectivity index (χ0v) is 8.53. The first-order chi connectivity index (χ1) is 5.65. The molecule has 0 amide bonds. The van der Waals surface area contributed by atoms with Crippen LogP contribution in [0.3, 0.4) is 0 Å². The summed E-state index contributed by atoms with van der Waals surface area (Å²) in [6, 6.07) is 0. The van der Waals surface area contributed by atoms with Crippen LogP contribution < -0.4 is 5.73 Å². The highest BCUT2D eigenvalue weighted by atomic mass is 32.2. The Labute approximate surface area is 77.3 Å². The van der Waals surface area contributed by atoms with E-state index < -0.39 is 0 Å². The first-order valence-electron chi connectivity index (χ1n) is 3.79. The van der Waals surface area contributed by atoms with E-state index in [0.717, 1.165) is 12.2 Å². The third-order valence-corrected chi connectivity index (χ3v) is 2.51. The minimum absolute atomic E-state index is 0.847. The molecular weight excluding hydrogens is 170 g/mol. The topological polar surface area (TPSA) is 45.1 Å². The number of hydrogen-bond donors (Lipinski definition) is 2. The Morgan fingerprint density at radius 1 is 1.58 bits per heavy atom. The molecule has 0 saturated carbocycles. The van der Waals surface area contributed by atoms with Crippen LogP contribution in [-0.2, 0) is 6.54 Å². The van der Waals surface area contributed by atoms with Crippen LogP contribution in [-0.4, -0.2) is 30.2 Å². The zero-order valence-electron chi connectivity index (χ0n) is 7.72. The number of nitrogens with zero attached hydrogens (tertiary/aromatic N) is 1. The fourth-order valence-electron chi connectivity index (χ4n) is 1.14. The van der Waals surface area contributed by atoms with Crippen molar-refractivity contribution in [3.8, 4) is 0 Å².